The quantitative estimate of drug-likeness (QED) is 0.635. The van der Waals surface area contributed by atoms with Crippen LogP contribution in [0.15, 0.2) is 28.7 Å². The Labute approximate surface area is 144 Å². The summed E-state index contributed by atoms with van der Waals surface area (Å²) in [7, 11) is 0. The Morgan fingerprint density at radius 3 is 2.77 bits per heavy atom. The van der Waals surface area contributed by atoms with Crippen molar-refractivity contribution in [3.05, 3.63) is 34.3 Å². The molecule has 1 aliphatic heterocycles. The van der Waals surface area contributed by atoms with E-state index in [0.717, 1.165) is 4.90 Å². The number of ether oxygens (including phenoxy) is 1. The van der Waals surface area contributed by atoms with E-state index in [9.17, 15) is 13.6 Å². The third-order valence-corrected chi connectivity index (χ3v) is 4.61. The maximum Gasteiger partial charge on any atom is 0.256 e. The van der Waals surface area contributed by atoms with Crippen molar-refractivity contribution in [2.24, 2.45) is 0 Å². The molecule has 0 aliphatic carbocycles. The van der Waals surface area contributed by atoms with Crippen LogP contribution in [-0.4, -0.2) is 35.2 Å². The van der Waals surface area contributed by atoms with Gasteiger partial charge >= 0.3 is 0 Å². The molecule has 120 valence electrons. The number of allylic oxidation sites excluding steroid dienone is 1. The van der Waals surface area contributed by atoms with Crippen LogP contribution in [0.25, 0.3) is 5.70 Å². The van der Waals surface area contributed by atoms with Crippen molar-refractivity contribution in [2.75, 3.05) is 13.2 Å². The fourth-order valence-corrected chi connectivity index (χ4v) is 3.25. The lowest BCUT2D eigenvalue weighted by Crippen LogP contribution is -2.41. The van der Waals surface area contributed by atoms with Gasteiger partial charge in [-0.15, -0.1) is 0 Å². The first-order chi connectivity index (χ1) is 10.4. The summed E-state index contributed by atoms with van der Waals surface area (Å²) in [6.45, 7) is 1.80. The van der Waals surface area contributed by atoms with E-state index in [1.165, 1.54) is 0 Å². The number of halogens is 4. The molecule has 0 bridgehead atoms. The fourth-order valence-electron chi connectivity index (χ4n) is 2.26. The molecule has 0 aromatic heterocycles. The van der Waals surface area contributed by atoms with Crippen molar-refractivity contribution in [1.29, 1.82) is 0 Å². The van der Waals surface area contributed by atoms with Crippen molar-refractivity contribution < 1.29 is 18.3 Å². The predicted molar refractivity (Wildman–Crippen MR) is 88.3 cm³/mol. The summed E-state index contributed by atoms with van der Waals surface area (Å²) in [5.74, 6) is 0.332. The van der Waals surface area contributed by atoms with Crippen molar-refractivity contribution in [1.82, 2.24) is 4.90 Å². The molecule has 0 N–H and O–H groups in total. The van der Waals surface area contributed by atoms with E-state index in [2.05, 4.69) is 31.9 Å². The van der Waals surface area contributed by atoms with Gasteiger partial charge in [-0.25, -0.2) is 8.78 Å². The van der Waals surface area contributed by atoms with E-state index >= 15 is 0 Å². The molecule has 1 aliphatic rings. The molecule has 1 atom stereocenters. The molecule has 1 amide bonds. The molecule has 0 saturated heterocycles. The highest BCUT2D eigenvalue weighted by molar-refractivity contribution is 9.10. The summed E-state index contributed by atoms with van der Waals surface area (Å²) in [4.78, 5) is 12.9. The zero-order valence-corrected chi connectivity index (χ0v) is 15.0. The molecule has 22 heavy (non-hydrogen) atoms. The Kier molecular flexibility index (Phi) is 5.97. The first kappa shape index (κ1) is 17.4. The van der Waals surface area contributed by atoms with Gasteiger partial charge in [0.05, 0.1) is 18.0 Å². The van der Waals surface area contributed by atoms with Crippen molar-refractivity contribution in [2.45, 2.75) is 24.6 Å². The Morgan fingerprint density at radius 1 is 1.45 bits per heavy atom. The third kappa shape index (κ3) is 3.87. The van der Waals surface area contributed by atoms with Crippen LogP contribution in [0.5, 0.6) is 5.75 Å². The minimum atomic E-state index is -2.59. The molecule has 7 heteroatoms. The lowest BCUT2D eigenvalue weighted by Gasteiger charge is -2.31. The van der Waals surface area contributed by atoms with Crippen LogP contribution >= 0.6 is 31.9 Å². The summed E-state index contributed by atoms with van der Waals surface area (Å²) >= 11 is 6.65. The van der Waals surface area contributed by atoms with Crippen molar-refractivity contribution in [3.8, 4) is 5.75 Å². The van der Waals surface area contributed by atoms with Gasteiger partial charge in [0.2, 0.25) is 5.91 Å². The zero-order chi connectivity index (χ0) is 16.3. The number of hydrogen-bond donors (Lipinski definition) is 0. The van der Waals surface area contributed by atoms with E-state index in [4.69, 9.17) is 4.74 Å². The number of hydrogen-bond acceptors (Lipinski definition) is 2. The lowest BCUT2D eigenvalue weighted by atomic mass is 10.0. The molecule has 1 unspecified atom stereocenters. The van der Waals surface area contributed by atoms with Gasteiger partial charge in [0.15, 0.2) is 0 Å². The summed E-state index contributed by atoms with van der Waals surface area (Å²) in [5.41, 5.74) is 1.19. The van der Waals surface area contributed by atoms with Crippen LogP contribution in [0.2, 0.25) is 0 Å². The third-order valence-electron chi connectivity index (χ3n) is 3.19. The number of carbonyl (C=O) groups is 1. The number of benzene rings is 1. The minimum absolute atomic E-state index is 0.349. The Morgan fingerprint density at radius 2 is 2.18 bits per heavy atom. The number of alkyl halides is 3. The van der Waals surface area contributed by atoms with Crippen LogP contribution in [0, 0.1) is 0 Å². The van der Waals surface area contributed by atoms with Crippen LogP contribution in [0.3, 0.4) is 0 Å². The summed E-state index contributed by atoms with van der Waals surface area (Å²) in [6.07, 6.45) is -0.330. The smallest absolute Gasteiger partial charge is 0.256 e. The van der Waals surface area contributed by atoms with Gasteiger partial charge in [-0.3, -0.25) is 4.79 Å². The van der Waals surface area contributed by atoms with Gasteiger partial charge in [-0.2, -0.15) is 0 Å². The molecule has 0 radical (unpaired) electrons. The highest BCUT2D eigenvalue weighted by Gasteiger charge is 2.31. The molecule has 3 nitrogen and oxygen atoms in total. The molecule has 1 heterocycles. The van der Waals surface area contributed by atoms with E-state index < -0.39 is 17.8 Å². The molecule has 0 fully saturated rings. The Balaban J connectivity index is 2.37. The predicted octanol–water partition coefficient (Wildman–Crippen LogP) is 4.45. The SMILES string of the molecule is CCOc1ccc(C2=CCC(Br)C(=O)N2CC(F)F)c(Br)c1. The number of nitrogens with zero attached hydrogens (tertiary/aromatic N) is 1. The second kappa shape index (κ2) is 7.55. The fraction of sp³-hybridized carbons (Fsp3) is 0.400. The maximum absolute atomic E-state index is 12.8. The minimum Gasteiger partial charge on any atom is -0.494 e. The average Bonchev–Trinajstić information content (AvgIpc) is 2.45. The summed E-state index contributed by atoms with van der Waals surface area (Å²) < 4.78 is 31.7. The highest BCUT2D eigenvalue weighted by Crippen LogP contribution is 2.35. The summed E-state index contributed by atoms with van der Waals surface area (Å²) in [6, 6.07) is 5.29. The number of rotatable bonds is 5. The van der Waals surface area contributed by atoms with E-state index in [1.807, 2.05) is 6.92 Å². The zero-order valence-electron chi connectivity index (χ0n) is 11.9. The highest BCUT2D eigenvalue weighted by atomic mass is 79.9. The average molecular weight is 439 g/mol. The van der Waals surface area contributed by atoms with Gasteiger partial charge in [0.25, 0.3) is 6.43 Å². The van der Waals surface area contributed by atoms with Crippen molar-refractivity contribution >= 4 is 43.5 Å². The topological polar surface area (TPSA) is 29.5 Å². The lowest BCUT2D eigenvalue weighted by molar-refractivity contribution is -0.129. The summed E-state index contributed by atoms with van der Waals surface area (Å²) in [5, 5.41) is 0. The largest absolute Gasteiger partial charge is 0.494 e. The van der Waals surface area contributed by atoms with Crippen LogP contribution in [-0.2, 0) is 4.79 Å². The second-order valence-electron chi connectivity index (χ2n) is 4.71. The van der Waals surface area contributed by atoms with Gasteiger partial charge in [-0.1, -0.05) is 22.0 Å². The Bertz CT molecular complexity index is 593. The van der Waals surface area contributed by atoms with Crippen molar-refractivity contribution in [3.63, 3.8) is 0 Å². The second-order valence-corrected chi connectivity index (χ2v) is 6.67. The van der Waals surface area contributed by atoms with E-state index in [0.29, 0.717) is 34.5 Å². The molecule has 0 saturated carbocycles. The molecule has 0 spiro atoms. The molecular weight excluding hydrogens is 424 g/mol. The van der Waals surface area contributed by atoms with Gasteiger partial charge in [0, 0.05) is 15.7 Å². The number of carbonyl (C=O) groups excluding carboxylic acids is 1. The molecule has 2 rings (SSSR count). The van der Waals surface area contributed by atoms with Crippen LogP contribution in [0.1, 0.15) is 18.9 Å². The molecular formula is C15H15Br2F2NO2. The van der Waals surface area contributed by atoms with Gasteiger partial charge in [-0.05, 0) is 47.5 Å². The van der Waals surface area contributed by atoms with E-state index in [-0.39, 0.29) is 5.91 Å². The van der Waals surface area contributed by atoms with Crippen LogP contribution in [0.4, 0.5) is 8.78 Å². The normalized spacial score (nSPS) is 18.6. The first-order valence-electron chi connectivity index (χ1n) is 6.80. The Hall–Kier alpha value is -0.950. The van der Waals surface area contributed by atoms with Gasteiger partial charge < -0.3 is 9.64 Å². The maximum atomic E-state index is 12.8. The molecule has 1 aromatic rings. The number of amides is 1. The van der Waals surface area contributed by atoms with Crippen LogP contribution < -0.4 is 4.74 Å². The standard InChI is InChI=1S/C15H15Br2F2NO2/c1-2-22-9-3-4-10(12(17)7-9)13-6-5-11(16)15(21)20(13)8-14(18)19/h3-4,6-7,11,14H,2,5,8H2,1H3. The van der Waals surface area contributed by atoms with E-state index in [1.54, 1.807) is 24.3 Å². The first-order valence-corrected chi connectivity index (χ1v) is 8.51. The van der Waals surface area contributed by atoms with Gasteiger partial charge in [0.1, 0.15) is 5.75 Å². The monoisotopic (exact) mass is 437 g/mol. The molecule has 1 aromatic carbocycles.